The quantitative estimate of drug-likeness (QED) is 0.674. The van der Waals surface area contributed by atoms with E-state index >= 15 is 0 Å². The molecule has 5 nitrogen and oxygen atoms in total. The lowest BCUT2D eigenvalue weighted by molar-refractivity contribution is -0.120. The van der Waals surface area contributed by atoms with E-state index in [9.17, 15) is 9.59 Å². The average molecular weight is 249 g/mol. The maximum absolute atomic E-state index is 11.4. The molecular formula is C13H19N3O2. The van der Waals surface area contributed by atoms with Gasteiger partial charge in [-0.25, -0.2) is 0 Å². The molecule has 1 heterocycles. The molecule has 1 unspecified atom stereocenters. The molecule has 0 bridgehead atoms. The zero-order valence-electron chi connectivity index (χ0n) is 10.3. The normalized spacial score (nSPS) is 12.0. The first-order valence-corrected chi connectivity index (χ1v) is 6.10. The lowest BCUT2D eigenvalue weighted by Crippen LogP contribution is -2.22. The van der Waals surface area contributed by atoms with Crippen LogP contribution in [0.4, 0.5) is 0 Å². The molecule has 1 atom stereocenters. The lowest BCUT2D eigenvalue weighted by Gasteiger charge is -2.12. The van der Waals surface area contributed by atoms with Crippen LogP contribution in [0.15, 0.2) is 24.4 Å². The van der Waals surface area contributed by atoms with Gasteiger partial charge in [-0.1, -0.05) is 18.9 Å². The van der Waals surface area contributed by atoms with Gasteiger partial charge in [0.15, 0.2) is 0 Å². The molecule has 0 aliphatic carbocycles. The lowest BCUT2D eigenvalue weighted by atomic mass is 9.96. The van der Waals surface area contributed by atoms with Crippen LogP contribution in [0.2, 0.25) is 0 Å². The second-order valence-corrected chi connectivity index (χ2v) is 4.28. The summed E-state index contributed by atoms with van der Waals surface area (Å²) in [6.45, 7) is 0. The van der Waals surface area contributed by atoms with Crippen LogP contribution in [0.3, 0.4) is 0 Å². The average Bonchev–Trinajstić information content (AvgIpc) is 2.34. The van der Waals surface area contributed by atoms with Crippen molar-refractivity contribution in [3.63, 3.8) is 0 Å². The summed E-state index contributed by atoms with van der Waals surface area (Å²) in [6, 6.07) is 5.44. The molecule has 0 aromatic carbocycles. The van der Waals surface area contributed by atoms with Gasteiger partial charge in [0.25, 0.3) is 0 Å². The number of amides is 2. The maximum Gasteiger partial charge on any atom is 0.226 e. The van der Waals surface area contributed by atoms with Gasteiger partial charge in [-0.05, 0) is 25.0 Å². The number of carbonyl (C=O) groups is 2. The van der Waals surface area contributed by atoms with Crippen LogP contribution in [-0.2, 0) is 9.59 Å². The Bertz CT molecular complexity index is 392. The van der Waals surface area contributed by atoms with Crippen molar-refractivity contribution in [2.75, 3.05) is 0 Å². The Labute approximate surface area is 107 Å². The highest BCUT2D eigenvalue weighted by Crippen LogP contribution is 2.20. The highest BCUT2D eigenvalue weighted by atomic mass is 16.1. The monoisotopic (exact) mass is 249 g/mol. The zero-order valence-corrected chi connectivity index (χ0v) is 10.3. The van der Waals surface area contributed by atoms with Crippen molar-refractivity contribution in [1.29, 1.82) is 0 Å². The van der Waals surface area contributed by atoms with Crippen molar-refractivity contribution in [3.05, 3.63) is 30.1 Å². The number of aromatic nitrogens is 1. The van der Waals surface area contributed by atoms with Crippen LogP contribution >= 0.6 is 0 Å². The van der Waals surface area contributed by atoms with Gasteiger partial charge in [0.1, 0.15) is 0 Å². The first-order valence-electron chi connectivity index (χ1n) is 6.10. The summed E-state index contributed by atoms with van der Waals surface area (Å²) >= 11 is 0. The van der Waals surface area contributed by atoms with Crippen LogP contribution in [-0.4, -0.2) is 16.8 Å². The Hall–Kier alpha value is -1.91. The van der Waals surface area contributed by atoms with Crippen LogP contribution in [0.1, 0.15) is 43.7 Å². The summed E-state index contributed by atoms with van der Waals surface area (Å²) in [4.78, 5) is 26.1. The van der Waals surface area contributed by atoms with Crippen molar-refractivity contribution in [1.82, 2.24) is 4.98 Å². The highest BCUT2D eigenvalue weighted by molar-refractivity contribution is 5.81. The van der Waals surface area contributed by atoms with E-state index in [4.69, 9.17) is 11.5 Å². The fourth-order valence-electron chi connectivity index (χ4n) is 1.84. The smallest absolute Gasteiger partial charge is 0.226 e. The third-order valence-corrected chi connectivity index (χ3v) is 2.80. The molecule has 18 heavy (non-hydrogen) atoms. The van der Waals surface area contributed by atoms with Gasteiger partial charge in [-0.3, -0.25) is 14.6 Å². The van der Waals surface area contributed by atoms with Gasteiger partial charge in [0.05, 0.1) is 11.6 Å². The predicted molar refractivity (Wildman–Crippen MR) is 68.5 cm³/mol. The Kier molecular flexibility index (Phi) is 5.84. The van der Waals surface area contributed by atoms with E-state index < -0.39 is 0 Å². The minimum Gasteiger partial charge on any atom is -0.370 e. The number of pyridine rings is 1. The van der Waals surface area contributed by atoms with E-state index in [0.717, 1.165) is 19.3 Å². The van der Waals surface area contributed by atoms with E-state index in [0.29, 0.717) is 18.5 Å². The van der Waals surface area contributed by atoms with E-state index in [-0.39, 0.29) is 17.7 Å². The third kappa shape index (κ3) is 4.95. The molecule has 0 aliphatic rings. The SMILES string of the molecule is NC(=O)CCCCCC(C(N)=O)c1ccccn1. The van der Waals surface area contributed by atoms with E-state index in [1.807, 2.05) is 6.07 Å². The summed E-state index contributed by atoms with van der Waals surface area (Å²) in [7, 11) is 0. The Morgan fingerprint density at radius 2 is 1.94 bits per heavy atom. The zero-order chi connectivity index (χ0) is 13.4. The van der Waals surface area contributed by atoms with Crippen LogP contribution in [0.25, 0.3) is 0 Å². The van der Waals surface area contributed by atoms with Crippen LogP contribution < -0.4 is 11.5 Å². The number of hydrogen-bond acceptors (Lipinski definition) is 3. The molecule has 2 amide bonds. The maximum atomic E-state index is 11.4. The van der Waals surface area contributed by atoms with Crippen molar-refractivity contribution in [2.24, 2.45) is 11.5 Å². The number of nitrogens with two attached hydrogens (primary N) is 2. The minimum atomic E-state index is -0.358. The first-order chi connectivity index (χ1) is 8.61. The number of hydrogen-bond donors (Lipinski definition) is 2. The number of unbranched alkanes of at least 4 members (excludes halogenated alkanes) is 2. The van der Waals surface area contributed by atoms with E-state index in [2.05, 4.69) is 4.98 Å². The van der Waals surface area contributed by atoms with Crippen LogP contribution in [0.5, 0.6) is 0 Å². The second kappa shape index (κ2) is 7.42. The highest BCUT2D eigenvalue weighted by Gasteiger charge is 2.18. The van der Waals surface area contributed by atoms with Gasteiger partial charge >= 0.3 is 0 Å². The molecule has 0 saturated carbocycles. The van der Waals surface area contributed by atoms with Crippen LogP contribution in [0, 0.1) is 0 Å². The first kappa shape index (κ1) is 14.2. The molecule has 4 N–H and O–H groups in total. The summed E-state index contributed by atoms with van der Waals surface area (Å²) in [5.41, 5.74) is 11.1. The molecule has 98 valence electrons. The van der Waals surface area contributed by atoms with E-state index in [1.165, 1.54) is 0 Å². The van der Waals surface area contributed by atoms with E-state index in [1.54, 1.807) is 18.3 Å². The molecule has 1 rings (SSSR count). The van der Waals surface area contributed by atoms with Crippen molar-refractivity contribution in [2.45, 2.75) is 38.0 Å². The summed E-state index contributed by atoms with van der Waals surface area (Å²) in [6.07, 6.45) is 5.15. The molecule has 0 aliphatic heterocycles. The summed E-state index contributed by atoms with van der Waals surface area (Å²) < 4.78 is 0. The minimum absolute atomic E-state index is 0.286. The van der Waals surface area contributed by atoms with Crippen molar-refractivity contribution in [3.8, 4) is 0 Å². The molecule has 5 heteroatoms. The Morgan fingerprint density at radius 1 is 1.17 bits per heavy atom. The number of primary amides is 2. The molecule has 0 fully saturated rings. The Morgan fingerprint density at radius 3 is 2.50 bits per heavy atom. The van der Waals surface area contributed by atoms with Gasteiger partial charge in [0, 0.05) is 12.6 Å². The molecule has 1 aromatic heterocycles. The summed E-state index contributed by atoms with van der Waals surface area (Å²) in [5.74, 6) is -0.991. The van der Waals surface area contributed by atoms with Crippen molar-refractivity contribution >= 4 is 11.8 Å². The number of rotatable bonds is 8. The molecule has 0 spiro atoms. The predicted octanol–water partition coefficient (Wildman–Crippen LogP) is 1.09. The topological polar surface area (TPSA) is 99.1 Å². The fourth-order valence-corrected chi connectivity index (χ4v) is 1.84. The summed E-state index contributed by atoms with van der Waals surface area (Å²) in [5, 5.41) is 0. The number of carbonyl (C=O) groups excluding carboxylic acids is 2. The Balaban J connectivity index is 2.41. The van der Waals surface area contributed by atoms with Gasteiger partial charge in [-0.2, -0.15) is 0 Å². The largest absolute Gasteiger partial charge is 0.370 e. The second-order valence-electron chi connectivity index (χ2n) is 4.28. The molecule has 0 radical (unpaired) electrons. The van der Waals surface area contributed by atoms with Gasteiger partial charge in [-0.15, -0.1) is 0 Å². The molecule has 1 aromatic rings. The standard InChI is InChI=1S/C13H19N3O2/c14-12(17)8-3-1-2-6-10(13(15)18)11-7-4-5-9-16-11/h4-5,7,9-10H,1-3,6,8H2,(H2,14,17)(H2,15,18). The third-order valence-electron chi connectivity index (χ3n) is 2.80. The molecular weight excluding hydrogens is 230 g/mol. The van der Waals surface area contributed by atoms with Gasteiger partial charge < -0.3 is 11.5 Å². The van der Waals surface area contributed by atoms with Crippen molar-refractivity contribution < 1.29 is 9.59 Å². The molecule has 0 saturated heterocycles. The number of nitrogens with zero attached hydrogens (tertiary/aromatic N) is 1. The fraction of sp³-hybridized carbons (Fsp3) is 0.462. The van der Waals surface area contributed by atoms with Gasteiger partial charge in [0.2, 0.25) is 11.8 Å².